The zero-order valence-corrected chi connectivity index (χ0v) is 23.5. The van der Waals surface area contributed by atoms with Crippen molar-refractivity contribution in [2.75, 3.05) is 12.4 Å². The molecule has 1 aromatic heterocycles. The number of methoxy groups -OCH3 is 1. The number of nitrogens with zero attached hydrogens (tertiary/aromatic N) is 3. The molecule has 0 saturated heterocycles. The number of aromatic nitrogens is 2. The maximum Gasteiger partial charge on any atom is 0.416 e. The Morgan fingerprint density at radius 1 is 1.20 bits per heavy atom. The highest BCUT2D eigenvalue weighted by molar-refractivity contribution is 6.05. The highest BCUT2D eigenvalue weighted by atomic mass is 19.4. The average Bonchev–Trinajstić information content (AvgIpc) is 3.21. The summed E-state index contributed by atoms with van der Waals surface area (Å²) >= 11 is 0. The Hall–Kier alpha value is -4.03. The molecule has 216 valence electrons. The molecule has 3 rings (SSSR count). The molecule has 0 atom stereocenters. The maximum absolute atomic E-state index is 13.7. The summed E-state index contributed by atoms with van der Waals surface area (Å²) < 4.78 is 48.1. The number of halogens is 3. The largest absolute Gasteiger partial charge is 0.494 e. The van der Waals surface area contributed by atoms with Crippen LogP contribution < -0.4 is 26.9 Å². The molecular formula is C28H36F3N7O2. The number of amides is 1. The van der Waals surface area contributed by atoms with Crippen molar-refractivity contribution in [1.29, 1.82) is 0 Å². The van der Waals surface area contributed by atoms with Crippen molar-refractivity contribution in [2.45, 2.75) is 53.0 Å². The smallest absolute Gasteiger partial charge is 0.416 e. The molecule has 0 unspecified atom stereocenters. The molecule has 2 aromatic carbocycles. The van der Waals surface area contributed by atoms with Crippen molar-refractivity contribution in [3.63, 3.8) is 0 Å². The number of alkyl halides is 3. The van der Waals surface area contributed by atoms with Crippen molar-refractivity contribution < 1.29 is 22.7 Å². The molecular weight excluding hydrogens is 523 g/mol. The fourth-order valence-electron chi connectivity index (χ4n) is 4.08. The van der Waals surface area contributed by atoms with E-state index in [0.717, 1.165) is 34.5 Å². The normalized spacial score (nSPS) is 12.1. The van der Waals surface area contributed by atoms with E-state index in [4.69, 9.17) is 16.3 Å². The standard InChI is InChI=1S/C28H36F3N7O2/c1-16(2)34-12-20-10-22(28(29,30)31)11-25(26(20)40-6)36-27(39)19-8-7-17(3)21(9-19)14-38(33)15-24(32)23-13-35-37(5)18(23)4/h7-11,13,15-16,34H,12,14,32-33H2,1-6H3,(H,36,39)/b24-15-. The number of hydrogen-bond donors (Lipinski definition) is 4. The van der Waals surface area contributed by atoms with E-state index in [1.807, 2.05) is 34.7 Å². The van der Waals surface area contributed by atoms with Crippen LogP contribution in [0.4, 0.5) is 18.9 Å². The quantitative estimate of drug-likeness (QED) is 0.214. The molecule has 6 N–H and O–H groups in total. The molecule has 0 fully saturated rings. The third-order valence-electron chi connectivity index (χ3n) is 6.46. The topological polar surface area (TPSA) is 123 Å². The van der Waals surface area contributed by atoms with E-state index in [2.05, 4.69) is 15.7 Å². The number of aryl methyl sites for hydroxylation is 2. The number of ether oxygens (including phenoxy) is 1. The number of anilines is 1. The van der Waals surface area contributed by atoms with Crippen LogP contribution in [0.1, 0.15) is 57.7 Å². The lowest BCUT2D eigenvalue weighted by atomic mass is 10.0. The summed E-state index contributed by atoms with van der Waals surface area (Å²) in [5.74, 6) is 5.76. The molecule has 9 nitrogen and oxygen atoms in total. The minimum absolute atomic E-state index is 0.0314. The Bertz CT molecular complexity index is 1400. The van der Waals surface area contributed by atoms with Crippen molar-refractivity contribution in [1.82, 2.24) is 20.1 Å². The van der Waals surface area contributed by atoms with Crippen LogP contribution in [0.15, 0.2) is 42.7 Å². The molecule has 1 amide bonds. The van der Waals surface area contributed by atoms with E-state index in [-0.39, 0.29) is 41.7 Å². The zero-order chi connectivity index (χ0) is 29.8. The van der Waals surface area contributed by atoms with E-state index in [1.54, 1.807) is 35.3 Å². The lowest BCUT2D eigenvalue weighted by Crippen LogP contribution is -2.26. The number of carbonyl (C=O) groups is 1. The highest BCUT2D eigenvalue weighted by Gasteiger charge is 2.33. The average molecular weight is 560 g/mol. The van der Waals surface area contributed by atoms with Crippen LogP contribution >= 0.6 is 0 Å². The van der Waals surface area contributed by atoms with Gasteiger partial charge in [0, 0.05) is 48.2 Å². The van der Waals surface area contributed by atoms with Gasteiger partial charge in [0.05, 0.1) is 36.8 Å². The van der Waals surface area contributed by atoms with Gasteiger partial charge in [-0.2, -0.15) is 18.3 Å². The molecule has 0 spiro atoms. The number of hydrazine groups is 1. The van der Waals surface area contributed by atoms with Crippen LogP contribution in [0.2, 0.25) is 0 Å². The monoisotopic (exact) mass is 559 g/mol. The first kappa shape index (κ1) is 30.5. The van der Waals surface area contributed by atoms with Gasteiger partial charge in [-0.15, -0.1) is 0 Å². The molecule has 0 bridgehead atoms. The number of nitrogens with one attached hydrogen (secondary N) is 2. The van der Waals surface area contributed by atoms with Gasteiger partial charge in [-0.3, -0.25) is 9.48 Å². The second kappa shape index (κ2) is 12.4. The predicted octanol–water partition coefficient (Wildman–Crippen LogP) is 4.45. The van der Waals surface area contributed by atoms with Gasteiger partial charge in [0.2, 0.25) is 0 Å². The summed E-state index contributed by atoms with van der Waals surface area (Å²) in [6, 6.07) is 6.92. The third-order valence-corrected chi connectivity index (χ3v) is 6.46. The number of benzene rings is 2. The summed E-state index contributed by atoms with van der Waals surface area (Å²) in [6.45, 7) is 7.87. The van der Waals surface area contributed by atoms with Gasteiger partial charge in [-0.25, -0.2) is 5.84 Å². The Kier molecular flexibility index (Phi) is 9.48. The van der Waals surface area contributed by atoms with Gasteiger partial charge in [-0.1, -0.05) is 19.9 Å². The van der Waals surface area contributed by atoms with Gasteiger partial charge in [0.1, 0.15) is 5.75 Å². The molecule has 0 aliphatic carbocycles. The fraction of sp³-hybridized carbons (Fsp3) is 0.357. The number of carbonyl (C=O) groups excluding carboxylic acids is 1. The lowest BCUT2D eigenvalue weighted by Gasteiger charge is -2.20. The van der Waals surface area contributed by atoms with Crippen LogP contribution in [0.5, 0.6) is 5.75 Å². The third kappa shape index (κ3) is 7.33. The molecule has 40 heavy (non-hydrogen) atoms. The second-order valence-electron chi connectivity index (χ2n) is 9.87. The lowest BCUT2D eigenvalue weighted by molar-refractivity contribution is -0.137. The van der Waals surface area contributed by atoms with Crippen molar-refractivity contribution in [2.24, 2.45) is 18.6 Å². The SMILES string of the molecule is COc1c(CNC(C)C)cc(C(F)(F)F)cc1NC(=O)c1ccc(C)c(CN(N)/C=C(\N)c2cnn(C)c2C)c1. The van der Waals surface area contributed by atoms with Crippen molar-refractivity contribution in [3.05, 3.63) is 81.8 Å². The minimum Gasteiger partial charge on any atom is -0.494 e. The first-order chi connectivity index (χ1) is 18.7. The fourth-order valence-corrected chi connectivity index (χ4v) is 4.08. The molecule has 12 heteroatoms. The second-order valence-corrected chi connectivity index (χ2v) is 9.87. The van der Waals surface area contributed by atoms with Crippen molar-refractivity contribution >= 4 is 17.3 Å². The van der Waals surface area contributed by atoms with E-state index in [9.17, 15) is 18.0 Å². The van der Waals surface area contributed by atoms with E-state index in [0.29, 0.717) is 5.70 Å². The van der Waals surface area contributed by atoms with Gasteiger partial charge in [0.15, 0.2) is 0 Å². The first-order valence-corrected chi connectivity index (χ1v) is 12.6. The van der Waals surface area contributed by atoms with Gasteiger partial charge >= 0.3 is 6.18 Å². The van der Waals surface area contributed by atoms with E-state index in [1.165, 1.54) is 12.1 Å². The number of nitrogens with two attached hydrogens (primary N) is 2. The number of rotatable bonds is 10. The predicted molar refractivity (Wildman–Crippen MR) is 149 cm³/mol. The zero-order valence-electron chi connectivity index (χ0n) is 23.5. The Balaban J connectivity index is 1.88. The van der Waals surface area contributed by atoms with Gasteiger partial charge in [0.25, 0.3) is 5.91 Å². The molecule has 1 heterocycles. The van der Waals surface area contributed by atoms with Crippen LogP contribution in [-0.2, 0) is 26.3 Å². The minimum atomic E-state index is -4.61. The van der Waals surface area contributed by atoms with Crippen LogP contribution in [-0.4, -0.2) is 33.8 Å². The van der Waals surface area contributed by atoms with Gasteiger partial charge < -0.3 is 26.1 Å². The highest BCUT2D eigenvalue weighted by Crippen LogP contribution is 2.38. The summed E-state index contributed by atoms with van der Waals surface area (Å²) in [5.41, 5.74) is 9.44. The molecule has 0 saturated carbocycles. The first-order valence-electron chi connectivity index (χ1n) is 12.6. The molecule has 0 aliphatic heterocycles. The van der Waals surface area contributed by atoms with Crippen LogP contribution in [0, 0.1) is 13.8 Å². The Labute approximate surface area is 231 Å². The van der Waals surface area contributed by atoms with Crippen LogP contribution in [0.3, 0.4) is 0 Å². The molecule has 3 aromatic rings. The summed E-state index contributed by atoms with van der Waals surface area (Å²) in [7, 11) is 3.16. The number of hydrogen-bond acceptors (Lipinski definition) is 7. The Morgan fingerprint density at radius 3 is 2.48 bits per heavy atom. The van der Waals surface area contributed by atoms with E-state index >= 15 is 0 Å². The molecule has 0 aliphatic rings. The van der Waals surface area contributed by atoms with Crippen molar-refractivity contribution in [3.8, 4) is 5.75 Å². The van der Waals surface area contributed by atoms with Gasteiger partial charge in [-0.05, 0) is 49.2 Å². The summed E-state index contributed by atoms with van der Waals surface area (Å²) in [6.07, 6.45) is -1.38. The Morgan fingerprint density at radius 2 is 1.90 bits per heavy atom. The molecule has 0 radical (unpaired) electrons. The van der Waals surface area contributed by atoms with Crippen LogP contribution in [0.25, 0.3) is 5.70 Å². The summed E-state index contributed by atoms with van der Waals surface area (Å²) in [5, 5.41) is 11.3. The summed E-state index contributed by atoms with van der Waals surface area (Å²) in [4.78, 5) is 13.2. The van der Waals surface area contributed by atoms with E-state index < -0.39 is 17.6 Å². The maximum atomic E-state index is 13.7.